The van der Waals surface area contributed by atoms with E-state index in [0.717, 1.165) is 43.4 Å². The van der Waals surface area contributed by atoms with Gasteiger partial charge in [0.2, 0.25) is 0 Å². The number of rotatable bonds is 2. The van der Waals surface area contributed by atoms with Crippen molar-refractivity contribution in [1.29, 1.82) is 0 Å². The molecule has 2 saturated carbocycles. The van der Waals surface area contributed by atoms with Crippen LogP contribution in [-0.4, -0.2) is 52.7 Å². The average molecular weight is 352 g/mol. The fourth-order valence-corrected chi connectivity index (χ4v) is 4.90. The van der Waals surface area contributed by atoms with Gasteiger partial charge >= 0.3 is 6.09 Å². The maximum atomic E-state index is 13.3. The Balaban J connectivity index is 2.09. The summed E-state index contributed by atoms with van der Waals surface area (Å²) >= 11 is 0. The smallest absolute Gasteiger partial charge is 0.423 e. The lowest BCUT2D eigenvalue weighted by atomic mass is 9.70. The van der Waals surface area contributed by atoms with Crippen LogP contribution < -0.4 is 0 Å². The Kier molecular flexibility index (Phi) is 5.16. The SMILES string of the molecule is CCOC(=O)N1C(=O)C2(CCCCC2)N(OC)C2(CCCCC2)C1=O. The van der Waals surface area contributed by atoms with E-state index in [1.54, 1.807) is 12.0 Å². The number of carbonyl (C=O) groups is 3. The fraction of sp³-hybridized carbons (Fsp3) is 0.833. The highest BCUT2D eigenvalue weighted by Crippen LogP contribution is 2.48. The van der Waals surface area contributed by atoms with Crippen molar-refractivity contribution in [3.63, 3.8) is 0 Å². The fourth-order valence-electron chi connectivity index (χ4n) is 4.90. The number of carbonyl (C=O) groups excluding carboxylic acids is 3. The van der Waals surface area contributed by atoms with Crippen LogP contribution >= 0.6 is 0 Å². The zero-order valence-corrected chi connectivity index (χ0v) is 15.2. The van der Waals surface area contributed by atoms with Gasteiger partial charge in [-0.05, 0) is 32.6 Å². The third-order valence-corrected chi connectivity index (χ3v) is 5.97. The maximum Gasteiger partial charge on any atom is 0.423 e. The second-order valence-corrected chi connectivity index (χ2v) is 7.31. The molecule has 7 heteroatoms. The lowest BCUT2D eigenvalue weighted by Gasteiger charge is -2.57. The molecule has 0 aromatic carbocycles. The molecule has 3 fully saturated rings. The molecule has 0 aromatic rings. The Morgan fingerprint density at radius 1 is 0.920 bits per heavy atom. The Bertz CT molecular complexity index is 512. The van der Waals surface area contributed by atoms with Crippen LogP contribution in [0, 0.1) is 0 Å². The van der Waals surface area contributed by atoms with E-state index in [-0.39, 0.29) is 6.61 Å². The van der Waals surface area contributed by atoms with Crippen molar-refractivity contribution in [3.05, 3.63) is 0 Å². The van der Waals surface area contributed by atoms with Gasteiger partial charge < -0.3 is 9.57 Å². The Hall–Kier alpha value is -1.47. The molecule has 0 bridgehead atoms. The van der Waals surface area contributed by atoms with Crippen molar-refractivity contribution in [2.75, 3.05) is 13.7 Å². The summed E-state index contributed by atoms with van der Waals surface area (Å²) in [5, 5.41) is 1.68. The lowest BCUT2D eigenvalue weighted by Crippen LogP contribution is -2.78. The van der Waals surface area contributed by atoms with Crippen LogP contribution in [0.3, 0.4) is 0 Å². The largest absolute Gasteiger partial charge is 0.449 e. The average Bonchev–Trinajstić information content (AvgIpc) is 2.63. The zero-order chi connectivity index (χ0) is 18.1. The summed E-state index contributed by atoms with van der Waals surface area (Å²) in [6, 6.07) is 0. The number of imide groups is 3. The summed E-state index contributed by atoms with van der Waals surface area (Å²) < 4.78 is 5.05. The number of piperazine rings is 1. The standard InChI is InChI=1S/C18H28N2O5/c1-3-25-16(23)19-14(21)17(10-6-4-7-11-17)20(24-2)18(15(19)22)12-8-5-9-13-18/h3-13H2,1-2H3. The van der Waals surface area contributed by atoms with Crippen LogP contribution in [0.5, 0.6) is 0 Å². The molecule has 0 N–H and O–H groups in total. The van der Waals surface area contributed by atoms with Crippen LogP contribution in [0.25, 0.3) is 0 Å². The maximum absolute atomic E-state index is 13.3. The topological polar surface area (TPSA) is 76.2 Å². The molecule has 1 aliphatic heterocycles. The minimum absolute atomic E-state index is 0.129. The molecule has 7 nitrogen and oxygen atoms in total. The van der Waals surface area contributed by atoms with Gasteiger partial charge in [-0.25, -0.2) is 4.79 Å². The van der Waals surface area contributed by atoms with E-state index < -0.39 is 29.0 Å². The first-order valence-corrected chi connectivity index (χ1v) is 9.44. The van der Waals surface area contributed by atoms with E-state index in [9.17, 15) is 14.4 Å². The molecule has 2 spiro atoms. The van der Waals surface area contributed by atoms with Crippen molar-refractivity contribution in [2.24, 2.45) is 0 Å². The first-order chi connectivity index (χ1) is 12.0. The van der Waals surface area contributed by atoms with E-state index in [2.05, 4.69) is 0 Å². The normalized spacial score (nSPS) is 26.2. The first kappa shape index (κ1) is 18.3. The number of ether oxygens (including phenoxy) is 1. The molecule has 140 valence electrons. The predicted octanol–water partition coefficient (Wildman–Crippen LogP) is 2.78. The molecule has 0 radical (unpaired) electrons. The van der Waals surface area contributed by atoms with Crippen LogP contribution in [-0.2, 0) is 19.2 Å². The van der Waals surface area contributed by atoms with E-state index in [0.29, 0.717) is 25.7 Å². The Labute approximate surface area is 148 Å². The highest BCUT2D eigenvalue weighted by molar-refractivity contribution is 6.16. The van der Waals surface area contributed by atoms with Gasteiger partial charge in [-0.3, -0.25) is 9.59 Å². The third kappa shape index (κ3) is 2.68. The second-order valence-electron chi connectivity index (χ2n) is 7.31. The third-order valence-electron chi connectivity index (χ3n) is 5.97. The number of nitrogens with zero attached hydrogens (tertiary/aromatic N) is 2. The van der Waals surface area contributed by atoms with Crippen LogP contribution in [0.4, 0.5) is 4.79 Å². The van der Waals surface area contributed by atoms with Gasteiger partial charge in [-0.1, -0.05) is 38.5 Å². The molecule has 2 aliphatic carbocycles. The van der Waals surface area contributed by atoms with E-state index in [4.69, 9.17) is 9.57 Å². The van der Waals surface area contributed by atoms with Gasteiger partial charge in [-0.2, -0.15) is 9.96 Å². The summed E-state index contributed by atoms with van der Waals surface area (Å²) in [5.74, 6) is -0.956. The van der Waals surface area contributed by atoms with Gasteiger partial charge in [0, 0.05) is 0 Å². The Morgan fingerprint density at radius 2 is 1.36 bits per heavy atom. The van der Waals surface area contributed by atoms with Gasteiger partial charge in [-0.15, -0.1) is 0 Å². The summed E-state index contributed by atoms with van der Waals surface area (Å²) in [6.45, 7) is 1.80. The molecular formula is C18H28N2O5. The van der Waals surface area contributed by atoms with Crippen LogP contribution in [0.15, 0.2) is 0 Å². The molecule has 3 aliphatic rings. The minimum Gasteiger partial charge on any atom is -0.449 e. The highest BCUT2D eigenvalue weighted by atomic mass is 16.7. The van der Waals surface area contributed by atoms with Crippen molar-refractivity contribution in [1.82, 2.24) is 9.96 Å². The molecule has 1 saturated heterocycles. The summed E-state index contributed by atoms with van der Waals surface area (Å²) in [5.41, 5.74) is -1.88. The molecule has 3 rings (SSSR count). The molecule has 0 atom stereocenters. The predicted molar refractivity (Wildman–Crippen MR) is 89.4 cm³/mol. The molecule has 0 aromatic heterocycles. The highest BCUT2D eigenvalue weighted by Gasteiger charge is 2.66. The molecule has 1 heterocycles. The summed E-state index contributed by atoms with van der Waals surface area (Å²) in [7, 11) is 1.54. The number of hydroxylamine groups is 2. The lowest BCUT2D eigenvalue weighted by molar-refractivity contribution is -0.280. The van der Waals surface area contributed by atoms with Crippen LogP contribution in [0.1, 0.15) is 71.1 Å². The van der Waals surface area contributed by atoms with E-state index in [1.165, 1.54) is 7.11 Å². The zero-order valence-electron chi connectivity index (χ0n) is 15.2. The van der Waals surface area contributed by atoms with Gasteiger partial charge in [0.15, 0.2) is 0 Å². The minimum atomic E-state index is -0.939. The van der Waals surface area contributed by atoms with Gasteiger partial charge in [0.25, 0.3) is 11.8 Å². The number of hydrogen-bond donors (Lipinski definition) is 0. The van der Waals surface area contributed by atoms with E-state index >= 15 is 0 Å². The second kappa shape index (κ2) is 7.03. The Morgan fingerprint density at radius 3 is 1.72 bits per heavy atom. The summed E-state index contributed by atoms with van der Waals surface area (Å²) in [6.07, 6.45) is 7.19. The summed E-state index contributed by atoms with van der Waals surface area (Å²) in [4.78, 5) is 45.6. The number of amides is 3. The van der Waals surface area contributed by atoms with Crippen molar-refractivity contribution in [2.45, 2.75) is 82.2 Å². The number of hydrogen-bond acceptors (Lipinski definition) is 6. The monoisotopic (exact) mass is 352 g/mol. The van der Waals surface area contributed by atoms with Crippen molar-refractivity contribution in [3.8, 4) is 0 Å². The first-order valence-electron chi connectivity index (χ1n) is 9.44. The molecule has 3 amide bonds. The molecular weight excluding hydrogens is 324 g/mol. The molecule has 25 heavy (non-hydrogen) atoms. The van der Waals surface area contributed by atoms with Gasteiger partial charge in [0.05, 0.1) is 13.7 Å². The van der Waals surface area contributed by atoms with Crippen LogP contribution in [0.2, 0.25) is 0 Å². The quantitative estimate of drug-likeness (QED) is 0.711. The van der Waals surface area contributed by atoms with E-state index in [1.807, 2.05) is 0 Å². The van der Waals surface area contributed by atoms with Crippen molar-refractivity contribution >= 4 is 17.9 Å². The van der Waals surface area contributed by atoms with Crippen molar-refractivity contribution < 1.29 is 24.0 Å². The molecule has 0 unspecified atom stereocenters. The van der Waals surface area contributed by atoms with Gasteiger partial charge in [0.1, 0.15) is 11.1 Å².